The molecule has 0 radical (unpaired) electrons. The lowest BCUT2D eigenvalue weighted by Gasteiger charge is -2.31. The van der Waals surface area contributed by atoms with Crippen molar-refractivity contribution in [1.29, 1.82) is 0 Å². The molecule has 1 amide bonds. The molecule has 2 aromatic carbocycles. The van der Waals surface area contributed by atoms with E-state index in [0.29, 0.717) is 0 Å². The Kier molecular flexibility index (Phi) is 4.02. The molecule has 3 rings (SSSR count). The van der Waals surface area contributed by atoms with Crippen LogP contribution in [0.15, 0.2) is 54.6 Å². The fraction of sp³-hybridized carbons (Fsp3) is 0.350. The molecule has 0 unspecified atom stereocenters. The van der Waals surface area contributed by atoms with Gasteiger partial charge in [0, 0.05) is 0 Å². The molecule has 2 aromatic rings. The van der Waals surface area contributed by atoms with Crippen molar-refractivity contribution in [2.75, 3.05) is 0 Å². The van der Waals surface area contributed by atoms with Gasteiger partial charge in [-0.3, -0.25) is 4.79 Å². The monoisotopic (exact) mass is 293 g/mol. The molecule has 1 atom stereocenters. The zero-order chi connectivity index (χ0) is 15.6. The van der Waals surface area contributed by atoms with Crippen molar-refractivity contribution in [2.45, 2.75) is 44.6 Å². The highest BCUT2D eigenvalue weighted by Gasteiger charge is 2.32. The van der Waals surface area contributed by atoms with Gasteiger partial charge in [-0.05, 0) is 49.8 Å². The maximum Gasteiger partial charge on any atom is 0.230 e. The van der Waals surface area contributed by atoms with Gasteiger partial charge in [-0.25, -0.2) is 0 Å². The van der Waals surface area contributed by atoms with E-state index in [9.17, 15) is 4.79 Å². The van der Waals surface area contributed by atoms with E-state index >= 15 is 0 Å². The van der Waals surface area contributed by atoms with Gasteiger partial charge in [0.1, 0.15) is 0 Å². The zero-order valence-electron chi connectivity index (χ0n) is 13.3. The fourth-order valence-corrected chi connectivity index (χ4v) is 3.23. The lowest BCUT2D eigenvalue weighted by molar-refractivity contribution is -0.126. The van der Waals surface area contributed by atoms with Crippen LogP contribution < -0.4 is 5.32 Å². The largest absolute Gasteiger partial charge is 0.349 e. The first-order valence-corrected chi connectivity index (χ1v) is 8.03. The van der Waals surface area contributed by atoms with Crippen LogP contribution in [-0.2, 0) is 16.6 Å². The predicted molar refractivity (Wildman–Crippen MR) is 89.7 cm³/mol. The minimum Gasteiger partial charge on any atom is -0.349 e. The minimum atomic E-state index is -0.520. The van der Waals surface area contributed by atoms with Gasteiger partial charge in [-0.2, -0.15) is 0 Å². The standard InChI is InChI=1S/C20H23NO/c1-20(2,16-11-4-3-5-12-16)19(22)21-18-14-8-10-15-9-6-7-13-17(15)18/h3-7,9,11-13,18H,8,10,14H2,1-2H3,(H,21,22)/t18-/m1/s1. The highest BCUT2D eigenvalue weighted by atomic mass is 16.2. The van der Waals surface area contributed by atoms with E-state index in [1.54, 1.807) is 0 Å². The number of fused-ring (bicyclic) bond motifs is 1. The molecule has 1 N–H and O–H groups in total. The second-order valence-corrected chi connectivity index (χ2v) is 6.61. The van der Waals surface area contributed by atoms with Crippen LogP contribution in [-0.4, -0.2) is 5.91 Å². The Morgan fingerprint density at radius 3 is 2.50 bits per heavy atom. The van der Waals surface area contributed by atoms with Crippen LogP contribution in [0.3, 0.4) is 0 Å². The van der Waals surface area contributed by atoms with Crippen LogP contribution in [0.4, 0.5) is 0 Å². The third-order valence-corrected chi connectivity index (χ3v) is 4.74. The van der Waals surface area contributed by atoms with Crippen LogP contribution in [0.25, 0.3) is 0 Å². The highest BCUT2D eigenvalue weighted by molar-refractivity contribution is 5.87. The van der Waals surface area contributed by atoms with E-state index < -0.39 is 5.41 Å². The first-order valence-electron chi connectivity index (χ1n) is 8.03. The average Bonchev–Trinajstić information content (AvgIpc) is 2.56. The van der Waals surface area contributed by atoms with Crippen molar-refractivity contribution < 1.29 is 4.79 Å². The molecule has 2 nitrogen and oxygen atoms in total. The Morgan fingerprint density at radius 1 is 1.05 bits per heavy atom. The Labute approximate surface area is 132 Å². The van der Waals surface area contributed by atoms with Gasteiger partial charge in [0.25, 0.3) is 0 Å². The summed E-state index contributed by atoms with van der Waals surface area (Å²) in [5.41, 5.74) is 3.19. The highest BCUT2D eigenvalue weighted by Crippen LogP contribution is 2.31. The van der Waals surface area contributed by atoms with E-state index in [4.69, 9.17) is 0 Å². The van der Waals surface area contributed by atoms with Gasteiger partial charge in [0.2, 0.25) is 5.91 Å². The van der Waals surface area contributed by atoms with Crippen molar-refractivity contribution in [3.63, 3.8) is 0 Å². The smallest absolute Gasteiger partial charge is 0.230 e. The Bertz CT molecular complexity index is 660. The normalized spacial score (nSPS) is 17.6. The summed E-state index contributed by atoms with van der Waals surface area (Å²) >= 11 is 0. The summed E-state index contributed by atoms with van der Waals surface area (Å²) in [6, 6.07) is 18.6. The average molecular weight is 293 g/mol. The van der Waals surface area contributed by atoms with Crippen LogP contribution in [0.5, 0.6) is 0 Å². The molecule has 2 heteroatoms. The summed E-state index contributed by atoms with van der Waals surface area (Å²) in [5, 5.41) is 3.27. The lowest BCUT2D eigenvalue weighted by atomic mass is 9.82. The van der Waals surface area contributed by atoms with E-state index in [1.165, 1.54) is 11.1 Å². The predicted octanol–water partition coefficient (Wildman–Crippen LogP) is 4.16. The third kappa shape index (κ3) is 2.78. The second-order valence-electron chi connectivity index (χ2n) is 6.61. The molecule has 1 aliphatic carbocycles. The van der Waals surface area contributed by atoms with Gasteiger partial charge in [-0.1, -0.05) is 54.6 Å². The number of carbonyl (C=O) groups is 1. The number of aryl methyl sites for hydroxylation is 1. The Balaban J connectivity index is 1.81. The molecular weight excluding hydrogens is 270 g/mol. The van der Waals surface area contributed by atoms with Crippen molar-refractivity contribution >= 4 is 5.91 Å². The number of hydrogen-bond acceptors (Lipinski definition) is 1. The summed E-state index contributed by atoms with van der Waals surface area (Å²) in [6.07, 6.45) is 3.27. The van der Waals surface area contributed by atoms with E-state index in [1.807, 2.05) is 44.2 Å². The van der Waals surface area contributed by atoms with Gasteiger partial charge >= 0.3 is 0 Å². The molecule has 0 bridgehead atoms. The van der Waals surface area contributed by atoms with Gasteiger partial charge in [0.15, 0.2) is 0 Å². The number of benzene rings is 2. The summed E-state index contributed by atoms with van der Waals surface area (Å²) < 4.78 is 0. The summed E-state index contributed by atoms with van der Waals surface area (Å²) in [4.78, 5) is 12.8. The van der Waals surface area contributed by atoms with Crippen LogP contribution in [0.1, 0.15) is 49.4 Å². The quantitative estimate of drug-likeness (QED) is 0.904. The maximum atomic E-state index is 12.8. The topological polar surface area (TPSA) is 29.1 Å². The lowest BCUT2D eigenvalue weighted by Crippen LogP contribution is -2.42. The molecule has 114 valence electrons. The zero-order valence-corrected chi connectivity index (χ0v) is 13.3. The molecule has 0 heterocycles. The Morgan fingerprint density at radius 2 is 1.73 bits per heavy atom. The SMILES string of the molecule is CC(C)(C(=O)N[C@@H]1CCCc2ccccc21)c1ccccc1. The number of amides is 1. The summed E-state index contributed by atoms with van der Waals surface area (Å²) in [5.74, 6) is 0.0976. The van der Waals surface area contributed by atoms with Crippen molar-refractivity contribution in [3.05, 3.63) is 71.3 Å². The number of nitrogens with one attached hydrogen (secondary N) is 1. The minimum absolute atomic E-state index is 0.0976. The molecule has 0 saturated heterocycles. The van der Waals surface area contributed by atoms with Gasteiger partial charge in [0.05, 0.1) is 11.5 Å². The van der Waals surface area contributed by atoms with E-state index in [0.717, 1.165) is 24.8 Å². The summed E-state index contributed by atoms with van der Waals surface area (Å²) in [7, 11) is 0. The van der Waals surface area contributed by atoms with E-state index in [-0.39, 0.29) is 11.9 Å². The molecule has 0 aliphatic heterocycles. The Hall–Kier alpha value is -2.09. The molecule has 0 spiro atoms. The number of hydrogen-bond donors (Lipinski definition) is 1. The molecular formula is C20H23NO. The van der Waals surface area contributed by atoms with Crippen molar-refractivity contribution in [3.8, 4) is 0 Å². The molecule has 0 fully saturated rings. The van der Waals surface area contributed by atoms with Gasteiger partial charge in [-0.15, -0.1) is 0 Å². The van der Waals surface area contributed by atoms with Crippen LogP contribution in [0.2, 0.25) is 0 Å². The molecule has 22 heavy (non-hydrogen) atoms. The maximum absolute atomic E-state index is 12.8. The first kappa shape index (κ1) is 14.8. The molecule has 0 aromatic heterocycles. The van der Waals surface area contributed by atoms with Gasteiger partial charge < -0.3 is 5.32 Å². The number of rotatable bonds is 3. The third-order valence-electron chi connectivity index (χ3n) is 4.74. The molecule has 1 aliphatic rings. The van der Waals surface area contributed by atoms with Crippen LogP contribution >= 0.6 is 0 Å². The van der Waals surface area contributed by atoms with Crippen molar-refractivity contribution in [2.24, 2.45) is 0 Å². The number of carbonyl (C=O) groups excluding carboxylic acids is 1. The first-order chi connectivity index (χ1) is 10.6. The van der Waals surface area contributed by atoms with Crippen LogP contribution in [0, 0.1) is 0 Å². The van der Waals surface area contributed by atoms with E-state index in [2.05, 4.69) is 29.6 Å². The second kappa shape index (κ2) is 5.96. The fourth-order valence-electron chi connectivity index (χ4n) is 3.23. The summed E-state index contributed by atoms with van der Waals surface area (Å²) in [6.45, 7) is 3.98. The van der Waals surface area contributed by atoms with Crippen molar-refractivity contribution in [1.82, 2.24) is 5.32 Å². The molecule has 0 saturated carbocycles.